The van der Waals surface area contributed by atoms with Gasteiger partial charge in [-0.15, -0.1) is 0 Å². The van der Waals surface area contributed by atoms with Gasteiger partial charge in [-0.05, 0) is 31.0 Å². The number of aryl methyl sites for hydroxylation is 2. The summed E-state index contributed by atoms with van der Waals surface area (Å²) in [5.74, 6) is 0.384. The maximum Gasteiger partial charge on any atom is 0.118 e. The summed E-state index contributed by atoms with van der Waals surface area (Å²) >= 11 is 0. The molecule has 0 spiro atoms. The minimum atomic E-state index is 0. The van der Waals surface area contributed by atoms with Crippen LogP contribution < -0.4 is 0 Å². The van der Waals surface area contributed by atoms with Crippen molar-refractivity contribution in [1.82, 2.24) is 0 Å². The van der Waals surface area contributed by atoms with Gasteiger partial charge in [0.1, 0.15) is 5.75 Å². The second-order valence-corrected chi connectivity index (χ2v) is 3.37. The molecule has 1 radical (unpaired) electrons. The smallest absolute Gasteiger partial charge is 0.118 e. The van der Waals surface area contributed by atoms with Crippen LogP contribution in [0.4, 0.5) is 0 Å². The minimum Gasteiger partial charge on any atom is -0.508 e. The first-order chi connectivity index (χ1) is 7.20. The Morgan fingerprint density at radius 3 is 1.94 bits per heavy atom. The van der Waals surface area contributed by atoms with Crippen molar-refractivity contribution in [1.29, 1.82) is 0 Å². The van der Waals surface area contributed by atoms with Gasteiger partial charge in [0.05, 0.1) is 0 Å². The molecule has 0 aliphatic rings. The summed E-state index contributed by atoms with van der Waals surface area (Å²) < 4.78 is 0. The molecule has 2 heteroatoms. The molecule has 0 aromatic heterocycles. The first kappa shape index (κ1) is 15.1. The van der Waals surface area contributed by atoms with Crippen molar-refractivity contribution >= 4 is 0 Å². The summed E-state index contributed by atoms with van der Waals surface area (Å²) in [4.78, 5) is 0. The zero-order valence-electron chi connectivity index (χ0n) is 9.64. The van der Waals surface area contributed by atoms with Gasteiger partial charge >= 0.3 is 0 Å². The van der Waals surface area contributed by atoms with Gasteiger partial charge in [0, 0.05) is 25.8 Å². The van der Waals surface area contributed by atoms with Crippen LogP contribution in [0.1, 0.15) is 11.1 Å². The van der Waals surface area contributed by atoms with Gasteiger partial charge < -0.3 is 5.11 Å². The Morgan fingerprint density at radius 2 is 1.62 bits per heavy atom. The molecule has 2 aromatic carbocycles. The van der Waals surface area contributed by atoms with E-state index in [0.29, 0.717) is 5.75 Å². The van der Waals surface area contributed by atoms with Crippen LogP contribution in [0.5, 0.6) is 5.75 Å². The molecule has 0 unspecified atom stereocenters. The van der Waals surface area contributed by atoms with Gasteiger partial charge in [-0.25, -0.2) is 0 Å². The van der Waals surface area contributed by atoms with Crippen molar-refractivity contribution < 1.29 is 30.9 Å². The predicted molar refractivity (Wildman–Crippen MR) is 62.9 cm³/mol. The van der Waals surface area contributed by atoms with Gasteiger partial charge in [0.15, 0.2) is 0 Å². The van der Waals surface area contributed by atoms with E-state index < -0.39 is 0 Å². The first-order valence-corrected chi connectivity index (χ1v) is 4.87. The van der Waals surface area contributed by atoms with Crippen molar-refractivity contribution in [3.63, 3.8) is 0 Å². The van der Waals surface area contributed by atoms with Crippen LogP contribution in [0.3, 0.4) is 0 Å². The van der Waals surface area contributed by atoms with Crippen LogP contribution >= 0.6 is 0 Å². The maximum atomic E-state index is 9.10. The number of phenols is 1. The van der Waals surface area contributed by atoms with E-state index in [4.69, 9.17) is 5.11 Å². The molecule has 0 saturated carbocycles. The molecule has 1 N–H and O–H groups in total. The van der Waals surface area contributed by atoms with Crippen molar-refractivity contribution in [2.24, 2.45) is 0 Å². The third kappa shape index (κ3) is 5.86. The third-order valence-electron chi connectivity index (χ3n) is 1.97. The van der Waals surface area contributed by atoms with E-state index in [-0.39, 0.29) is 25.8 Å². The summed E-state index contributed by atoms with van der Waals surface area (Å²) in [6, 6.07) is 18.1. The van der Waals surface area contributed by atoms with Crippen molar-refractivity contribution in [3.05, 3.63) is 65.7 Å². The average Bonchev–Trinajstić information content (AvgIpc) is 2.27. The normalized spacial score (nSPS) is 8.38. The van der Waals surface area contributed by atoms with Gasteiger partial charge in [0.2, 0.25) is 0 Å². The van der Waals surface area contributed by atoms with Crippen LogP contribution in [0.25, 0.3) is 0 Å². The van der Waals surface area contributed by atoms with Crippen LogP contribution in [0, 0.1) is 19.9 Å². The molecule has 16 heavy (non-hydrogen) atoms. The van der Waals surface area contributed by atoms with Crippen molar-refractivity contribution in [3.8, 4) is 5.75 Å². The zero-order valence-corrected chi connectivity index (χ0v) is 11.4. The third-order valence-corrected chi connectivity index (χ3v) is 1.97. The molecule has 81 valence electrons. The number of benzene rings is 2. The fourth-order valence-corrected chi connectivity index (χ4v) is 1.06. The molecule has 0 fully saturated rings. The average molecular weight is 244 g/mol. The Labute approximate surface area is 116 Å². The topological polar surface area (TPSA) is 20.2 Å². The molecule has 0 aliphatic carbocycles. The van der Waals surface area contributed by atoms with Crippen LogP contribution in [0.15, 0.2) is 48.5 Å². The van der Waals surface area contributed by atoms with Crippen molar-refractivity contribution in [2.45, 2.75) is 13.8 Å². The second-order valence-electron chi connectivity index (χ2n) is 3.37. The van der Waals surface area contributed by atoms with E-state index in [0.717, 1.165) is 11.1 Å². The zero-order chi connectivity index (χ0) is 11.1. The van der Waals surface area contributed by atoms with Crippen LogP contribution in [-0.4, -0.2) is 5.11 Å². The minimum absolute atomic E-state index is 0. The molecule has 2 aromatic rings. The monoisotopic (exact) mass is 244 g/mol. The van der Waals surface area contributed by atoms with E-state index in [1.165, 1.54) is 0 Å². The summed E-state index contributed by atoms with van der Waals surface area (Å²) in [5, 5.41) is 9.10. The fourth-order valence-electron chi connectivity index (χ4n) is 1.06. The number of rotatable bonds is 0. The number of hydrogen-bond acceptors (Lipinski definition) is 1. The number of aromatic hydroxyl groups is 1. The standard InChI is InChI=1S/C8H10O.C6H5.Sc/c1-6-3-4-7(2)8(9)5-6;1-2-4-6-5-3-1;/h3-5,9H,1-2H3;1-5H;/q;-1;. The van der Waals surface area contributed by atoms with E-state index in [1.807, 2.05) is 56.3 Å². The molecule has 0 amide bonds. The molecule has 0 bridgehead atoms. The molecular formula is C14H15OSc-. The van der Waals surface area contributed by atoms with E-state index in [2.05, 4.69) is 6.07 Å². The Balaban J connectivity index is 0.000000283. The van der Waals surface area contributed by atoms with Crippen LogP contribution in [0.2, 0.25) is 0 Å². The molecule has 2 rings (SSSR count). The quantitative estimate of drug-likeness (QED) is 0.703. The summed E-state index contributed by atoms with van der Waals surface area (Å²) in [6.45, 7) is 3.84. The van der Waals surface area contributed by atoms with E-state index in [1.54, 1.807) is 6.07 Å². The molecule has 0 aliphatic heterocycles. The van der Waals surface area contributed by atoms with Crippen LogP contribution in [-0.2, 0) is 25.8 Å². The molecule has 0 heterocycles. The molecule has 0 atom stereocenters. The van der Waals surface area contributed by atoms with Crippen molar-refractivity contribution in [2.75, 3.05) is 0 Å². The maximum absolute atomic E-state index is 9.10. The van der Waals surface area contributed by atoms with Gasteiger partial charge in [-0.3, -0.25) is 0 Å². The Morgan fingerprint density at radius 1 is 1.00 bits per heavy atom. The summed E-state index contributed by atoms with van der Waals surface area (Å²) in [7, 11) is 0. The number of phenolic OH excluding ortho intramolecular Hbond substituents is 1. The Hall–Kier alpha value is -0.890. The van der Waals surface area contributed by atoms with Gasteiger partial charge in [-0.2, -0.15) is 36.4 Å². The largest absolute Gasteiger partial charge is 0.508 e. The Kier molecular flexibility index (Phi) is 7.82. The first-order valence-electron chi connectivity index (χ1n) is 4.87. The molecule has 0 saturated heterocycles. The SMILES string of the molecule is Cc1ccc(C)c(O)c1.[Sc].[c-]1ccccc1. The van der Waals surface area contributed by atoms with Gasteiger partial charge in [-0.1, -0.05) is 12.1 Å². The molecular weight excluding hydrogens is 229 g/mol. The van der Waals surface area contributed by atoms with E-state index >= 15 is 0 Å². The fraction of sp³-hybridized carbons (Fsp3) is 0.143. The number of hydrogen-bond donors (Lipinski definition) is 1. The summed E-state index contributed by atoms with van der Waals surface area (Å²) in [5.41, 5.74) is 2.03. The van der Waals surface area contributed by atoms with Gasteiger partial charge in [0.25, 0.3) is 0 Å². The Bertz CT molecular complexity index is 372. The summed E-state index contributed by atoms with van der Waals surface area (Å²) in [6.07, 6.45) is 0. The molecule has 1 nitrogen and oxygen atoms in total. The van der Waals surface area contributed by atoms with E-state index in [9.17, 15) is 0 Å². The second kappa shape index (κ2) is 8.28. The predicted octanol–water partition coefficient (Wildman–Crippen LogP) is 3.49.